The Morgan fingerprint density at radius 2 is 2.00 bits per heavy atom. The van der Waals surface area contributed by atoms with Gasteiger partial charge in [0.25, 0.3) is 11.8 Å². The first-order valence-electron chi connectivity index (χ1n) is 7.22. The number of hydrogen-bond donors (Lipinski definition) is 2. The summed E-state index contributed by atoms with van der Waals surface area (Å²) < 4.78 is 0. The molecule has 122 valence electrons. The van der Waals surface area contributed by atoms with Crippen molar-refractivity contribution in [2.75, 3.05) is 12.4 Å². The molecule has 2 N–H and O–H groups in total. The highest BCUT2D eigenvalue weighted by atomic mass is 32.1. The molecule has 2 aromatic heterocycles. The summed E-state index contributed by atoms with van der Waals surface area (Å²) in [6.07, 6.45) is 0. The van der Waals surface area contributed by atoms with Crippen LogP contribution in [0.15, 0.2) is 41.1 Å². The van der Waals surface area contributed by atoms with E-state index in [0.717, 1.165) is 10.6 Å². The number of anilines is 1. The van der Waals surface area contributed by atoms with Gasteiger partial charge < -0.3 is 10.6 Å². The molecule has 24 heavy (non-hydrogen) atoms. The van der Waals surface area contributed by atoms with Crippen molar-refractivity contribution in [3.05, 3.63) is 57.2 Å². The Kier molecular flexibility index (Phi) is 4.73. The van der Waals surface area contributed by atoms with E-state index in [2.05, 4.69) is 15.6 Å². The Bertz CT molecular complexity index is 885. The topological polar surface area (TPSA) is 71.1 Å². The molecule has 0 spiro atoms. The molecule has 0 atom stereocenters. The molecule has 0 aliphatic heterocycles. The minimum absolute atomic E-state index is 0.195. The summed E-state index contributed by atoms with van der Waals surface area (Å²) in [5.41, 5.74) is 2.79. The maximum absolute atomic E-state index is 12.5. The molecule has 0 bridgehead atoms. The van der Waals surface area contributed by atoms with E-state index in [1.807, 2.05) is 23.8 Å². The normalized spacial score (nSPS) is 10.4. The fourth-order valence-corrected chi connectivity index (χ4v) is 3.86. The van der Waals surface area contributed by atoms with Crippen LogP contribution in [0.5, 0.6) is 0 Å². The maximum atomic E-state index is 12.5. The molecule has 1 aromatic carbocycles. The Labute approximate surface area is 147 Å². The Morgan fingerprint density at radius 1 is 1.17 bits per heavy atom. The molecule has 2 heterocycles. The van der Waals surface area contributed by atoms with E-state index in [9.17, 15) is 9.59 Å². The summed E-state index contributed by atoms with van der Waals surface area (Å²) >= 11 is 2.96. The lowest BCUT2D eigenvalue weighted by atomic mass is 10.2. The molecule has 0 unspecified atom stereocenters. The number of aryl methyl sites for hydroxylation is 1. The van der Waals surface area contributed by atoms with Gasteiger partial charge in [0.1, 0.15) is 9.88 Å². The van der Waals surface area contributed by atoms with E-state index in [-0.39, 0.29) is 11.8 Å². The van der Waals surface area contributed by atoms with Crippen molar-refractivity contribution in [1.29, 1.82) is 0 Å². The Morgan fingerprint density at radius 3 is 2.71 bits per heavy atom. The van der Waals surface area contributed by atoms with Crippen LogP contribution in [-0.2, 0) is 0 Å². The molecule has 5 nitrogen and oxygen atoms in total. The SMILES string of the molecule is CNC(=O)c1cccc(NC(=O)c2sc(-c3ccsc3)nc2C)c1. The minimum Gasteiger partial charge on any atom is -0.355 e. The van der Waals surface area contributed by atoms with Crippen LogP contribution < -0.4 is 10.6 Å². The number of carbonyl (C=O) groups is 2. The van der Waals surface area contributed by atoms with Gasteiger partial charge in [-0.1, -0.05) is 6.07 Å². The predicted octanol–water partition coefficient (Wildman–Crippen LogP) is 3.79. The summed E-state index contributed by atoms with van der Waals surface area (Å²) in [6.45, 7) is 1.82. The van der Waals surface area contributed by atoms with Crippen molar-refractivity contribution in [1.82, 2.24) is 10.3 Å². The summed E-state index contributed by atoms with van der Waals surface area (Å²) in [6, 6.07) is 8.81. The highest BCUT2D eigenvalue weighted by Gasteiger charge is 2.17. The lowest BCUT2D eigenvalue weighted by molar-refractivity contribution is 0.0961. The van der Waals surface area contributed by atoms with Crippen LogP contribution in [0, 0.1) is 6.92 Å². The van der Waals surface area contributed by atoms with Crippen LogP contribution in [0.4, 0.5) is 5.69 Å². The van der Waals surface area contributed by atoms with Gasteiger partial charge in [0.15, 0.2) is 0 Å². The first kappa shape index (κ1) is 16.4. The fraction of sp³-hybridized carbons (Fsp3) is 0.118. The van der Waals surface area contributed by atoms with Crippen molar-refractivity contribution >= 4 is 40.2 Å². The largest absolute Gasteiger partial charge is 0.355 e. The van der Waals surface area contributed by atoms with Crippen LogP contribution in [0.25, 0.3) is 10.6 Å². The van der Waals surface area contributed by atoms with Gasteiger partial charge in [0.05, 0.1) is 5.69 Å². The smallest absolute Gasteiger partial charge is 0.267 e. The second kappa shape index (κ2) is 6.94. The minimum atomic E-state index is -0.222. The van der Waals surface area contributed by atoms with Gasteiger partial charge in [-0.3, -0.25) is 9.59 Å². The zero-order chi connectivity index (χ0) is 17.1. The molecule has 0 fully saturated rings. The monoisotopic (exact) mass is 357 g/mol. The number of rotatable bonds is 4. The van der Waals surface area contributed by atoms with E-state index >= 15 is 0 Å². The summed E-state index contributed by atoms with van der Waals surface area (Å²) in [5.74, 6) is -0.416. The molecule has 7 heteroatoms. The Hall–Kier alpha value is -2.51. The maximum Gasteiger partial charge on any atom is 0.267 e. The van der Waals surface area contributed by atoms with Gasteiger partial charge in [0.2, 0.25) is 0 Å². The zero-order valence-corrected chi connectivity index (χ0v) is 14.8. The fourth-order valence-electron chi connectivity index (χ4n) is 2.19. The number of aromatic nitrogens is 1. The average Bonchev–Trinajstić information content (AvgIpc) is 3.23. The molecular weight excluding hydrogens is 342 g/mol. The molecular formula is C17H15N3O2S2. The number of thiophene rings is 1. The number of hydrogen-bond acceptors (Lipinski definition) is 5. The number of carbonyl (C=O) groups excluding carboxylic acids is 2. The van der Waals surface area contributed by atoms with Crippen molar-refractivity contribution in [3.8, 4) is 10.6 Å². The molecule has 0 saturated carbocycles. The third kappa shape index (κ3) is 3.37. The second-order valence-corrected chi connectivity index (χ2v) is 6.84. The molecule has 3 aromatic rings. The molecule has 2 amide bonds. The van der Waals surface area contributed by atoms with Gasteiger partial charge in [-0.05, 0) is 36.6 Å². The number of nitrogens with zero attached hydrogens (tertiary/aromatic N) is 1. The first-order chi connectivity index (χ1) is 11.6. The van der Waals surface area contributed by atoms with Crippen LogP contribution >= 0.6 is 22.7 Å². The Balaban J connectivity index is 1.82. The number of nitrogens with one attached hydrogen (secondary N) is 2. The van der Waals surface area contributed by atoms with Crippen molar-refractivity contribution in [3.63, 3.8) is 0 Å². The summed E-state index contributed by atoms with van der Waals surface area (Å²) in [5, 5.41) is 10.2. The highest BCUT2D eigenvalue weighted by Crippen LogP contribution is 2.29. The molecule has 0 radical (unpaired) electrons. The summed E-state index contributed by atoms with van der Waals surface area (Å²) in [7, 11) is 1.57. The van der Waals surface area contributed by atoms with Crippen LogP contribution in [0.2, 0.25) is 0 Å². The predicted molar refractivity (Wildman–Crippen MR) is 97.9 cm³/mol. The molecule has 0 aliphatic rings. The van der Waals surface area contributed by atoms with E-state index < -0.39 is 0 Å². The summed E-state index contributed by atoms with van der Waals surface area (Å²) in [4.78, 5) is 29.3. The van der Waals surface area contributed by atoms with Crippen LogP contribution in [0.3, 0.4) is 0 Å². The lowest BCUT2D eigenvalue weighted by Gasteiger charge is -2.06. The highest BCUT2D eigenvalue weighted by molar-refractivity contribution is 7.17. The van der Waals surface area contributed by atoms with E-state index in [4.69, 9.17) is 0 Å². The van der Waals surface area contributed by atoms with Gasteiger partial charge in [-0.15, -0.1) is 11.3 Å². The van der Waals surface area contributed by atoms with Gasteiger partial charge in [-0.2, -0.15) is 11.3 Å². The lowest BCUT2D eigenvalue weighted by Crippen LogP contribution is -2.18. The van der Waals surface area contributed by atoms with Gasteiger partial charge in [-0.25, -0.2) is 4.98 Å². The first-order valence-corrected chi connectivity index (χ1v) is 8.98. The quantitative estimate of drug-likeness (QED) is 0.746. The van der Waals surface area contributed by atoms with Crippen molar-refractivity contribution in [2.24, 2.45) is 0 Å². The van der Waals surface area contributed by atoms with Gasteiger partial charge >= 0.3 is 0 Å². The third-order valence-corrected chi connectivity index (χ3v) is 5.27. The van der Waals surface area contributed by atoms with Crippen LogP contribution in [-0.4, -0.2) is 23.8 Å². The van der Waals surface area contributed by atoms with E-state index in [1.54, 1.807) is 42.6 Å². The van der Waals surface area contributed by atoms with Crippen molar-refractivity contribution < 1.29 is 9.59 Å². The standard InChI is InChI=1S/C17H15N3O2S2/c1-10-14(24-17(19-10)12-6-7-23-9-12)16(22)20-13-5-3-4-11(8-13)15(21)18-2/h3-9H,1-2H3,(H,18,21)(H,20,22). The van der Waals surface area contributed by atoms with Crippen LogP contribution in [0.1, 0.15) is 25.7 Å². The van der Waals surface area contributed by atoms with E-state index in [1.165, 1.54) is 11.3 Å². The third-order valence-electron chi connectivity index (χ3n) is 3.38. The van der Waals surface area contributed by atoms with Gasteiger partial charge in [0, 0.05) is 29.2 Å². The molecule has 0 aliphatic carbocycles. The number of thiazole rings is 1. The zero-order valence-electron chi connectivity index (χ0n) is 13.1. The van der Waals surface area contributed by atoms with E-state index in [0.29, 0.717) is 21.8 Å². The number of amides is 2. The molecule has 3 rings (SSSR count). The van der Waals surface area contributed by atoms with Crippen molar-refractivity contribution in [2.45, 2.75) is 6.92 Å². The second-order valence-electron chi connectivity index (χ2n) is 5.06. The molecule has 0 saturated heterocycles. The number of benzene rings is 1. The average molecular weight is 357 g/mol.